The van der Waals surface area contributed by atoms with E-state index >= 15 is 0 Å². The highest BCUT2D eigenvalue weighted by atomic mass is 32.2. The number of aromatic carboxylic acids is 1. The van der Waals surface area contributed by atoms with Crippen LogP contribution in [0.3, 0.4) is 0 Å². The van der Waals surface area contributed by atoms with Gasteiger partial charge in [-0.15, -0.1) is 0 Å². The largest absolute Gasteiger partial charge is 0.478 e. The van der Waals surface area contributed by atoms with E-state index in [-0.39, 0.29) is 16.5 Å². The van der Waals surface area contributed by atoms with Crippen molar-refractivity contribution in [3.63, 3.8) is 0 Å². The molecule has 1 heterocycles. The second-order valence-corrected chi connectivity index (χ2v) is 7.51. The lowest BCUT2D eigenvalue weighted by Gasteiger charge is -2.24. The van der Waals surface area contributed by atoms with Gasteiger partial charge in [0, 0.05) is 12.3 Å². The van der Waals surface area contributed by atoms with Crippen molar-refractivity contribution in [3.8, 4) is 0 Å². The third-order valence-corrected chi connectivity index (χ3v) is 4.95. The molecule has 0 aliphatic heterocycles. The number of rotatable bonds is 6. The molecule has 2 aromatic rings. The van der Waals surface area contributed by atoms with Crippen LogP contribution in [0.4, 0.5) is 0 Å². The Labute approximate surface area is 135 Å². The zero-order valence-corrected chi connectivity index (χ0v) is 14.0. The van der Waals surface area contributed by atoms with Crippen molar-refractivity contribution >= 4 is 15.8 Å². The van der Waals surface area contributed by atoms with Gasteiger partial charge in [-0.05, 0) is 37.7 Å². The predicted molar refractivity (Wildman–Crippen MR) is 85.1 cm³/mol. The summed E-state index contributed by atoms with van der Waals surface area (Å²) < 4.78 is 28.2. The van der Waals surface area contributed by atoms with Gasteiger partial charge in [0.05, 0.1) is 17.7 Å². The van der Waals surface area contributed by atoms with Crippen molar-refractivity contribution in [1.82, 2.24) is 4.90 Å². The van der Waals surface area contributed by atoms with E-state index in [1.165, 1.54) is 18.6 Å². The molecule has 0 fully saturated rings. The molecule has 0 aliphatic rings. The Morgan fingerprint density at radius 1 is 1.26 bits per heavy atom. The van der Waals surface area contributed by atoms with E-state index in [4.69, 9.17) is 9.52 Å². The van der Waals surface area contributed by atoms with Crippen LogP contribution in [0.25, 0.3) is 0 Å². The summed E-state index contributed by atoms with van der Waals surface area (Å²) >= 11 is 0. The lowest BCUT2D eigenvalue weighted by atomic mass is 10.1. The molecule has 1 unspecified atom stereocenters. The first-order chi connectivity index (χ1) is 10.7. The Kier molecular flexibility index (Phi) is 4.91. The lowest BCUT2D eigenvalue weighted by Crippen LogP contribution is -2.22. The number of furan rings is 1. The highest BCUT2D eigenvalue weighted by Gasteiger charge is 2.19. The number of hydrogen-bond donors (Lipinski definition) is 1. The van der Waals surface area contributed by atoms with Crippen LogP contribution in [0.1, 0.15) is 34.6 Å². The summed E-state index contributed by atoms with van der Waals surface area (Å²) in [5, 5.41) is 9.09. The molecular weight excluding hydrogens is 318 g/mol. The van der Waals surface area contributed by atoms with Gasteiger partial charge in [-0.25, -0.2) is 13.2 Å². The number of benzene rings is 1. The molecular formula is C16H19NO5S. The highest BCUT2D eigenvalue weighted by molar-refractivity contribution is 7.90. The number of carbonyl (C=O) groups is 1. The minimum atomic E-state index is -3.22. The number of carboxylic acid groups (broad SMARTS) is 1. The summed E-state index contributed by atoms with van der Waals surface area (Å²) in [6, 6.07) is 8.07. The monoisotopic (exact) mass is 337 g/mol. The summed E-state index contributed by atoms with van der Waals surface area (Å²) in [6.07, 6.45) is 2.53. The van der Waals surface area contributed by atoms with E-state index < -0.39 is 15.8 Å². The van der Waals surface area contributed by atoms with Crippen molar-refractivity contribution in [1.29, 1.82) is 0 Å². The first-order valence-electron chi connectivity index (χ1n) is 7.00. The van der Waals surface area contributed by atoms with Crippen molar-refractivity contribution in [2.75, 3.05) is 13.3 Å². The van der Waals surface area contributed by atoms with Crippen LogP contribution < -0.4 is 0 Å². The number of sulfone groups is 1. The topological polar surface area (TPSA) is 87.8 Å². The molecule has 1 aromatic carbocycles. The van der Waals surface area contributed by atoms with Gasteiger partial charge < -0.3 is 9.52 Å². The quantitative estimate of drug-likeness (QED) is 0.871. The maximum atomic E-state index is 11.5. The molecule has 124 valence electrons. The molecule has 6 nitrogen and oxygen atoms in total. The van der Waals surface area contributed by atoms with Crippen molar-refractivity contribution < 1.29 is 22.7 Å². The Balaban J connectivity index is 2.15. The Hall–Kier alpha value is -2.12. The molecule has 0 amide bonds. The molecule has 2 rings (SSSR count). The molecule has 23 heavy (non-hydrogen) atoms. The molecule has 0 spiro atoms. The predicted octanol–water partition coefficient (Wildman–Crippen LogP) is 2.57. The van der Waals surface area contributed by atoms with E-state index in [9.17, 15) is 13.2 Å². The molecule has 1 N–H and O–H groups in total. The minimum Gasteiger partial charge on any atom is -0.478 e. The molecule has 0 radical (unpaired) electrons. The molecule has 1 atom stereocenters. The summed E-state index contributed by atoms with van der Waals surface area (Å²) in [5.74, 6) is -0.632. The zero-order chi connectivity index (χ0) is 17.2. The number of nitrogens with zero attached hydrogens (tertiary/aromatic N) is 1. The SMILES string of the molecule is CC(c1ccc(S(C)(=O)=O)cc1)N(C)Cc1occc1C(=O)O. The molecule has 7 heteroatoms. The molecule has 0 saturated carbocycles. The number of carboxylic acids is 1. The van der Waals surface area contributed by atoms with Crippen LogP contribution in [0, 0.1) is 0 Å². The second-order valence-electron chi connectivity index (χ2n) is 5.49. The first-order valence-corrected chi connectivity index (χ1v) is 8.89. The average Bonchev–Trinajstić information content (AvgIpc) is 2.94. The van der Waals surface area contributed by atoms with Crippen LogP contribution in [0.5, 0.6) is 0 Å². The third-order valence-electron chi connectivity index (χ3n) is 3.82. The zero-order valence-electron chi connectivity index (χ0n) is 13.2. The van der Waals surface area contributed by atoms with E-state index in [0.717, 1.165) is 5.56 Å². The van der Waals surface area contributed by atoms with Gasteiger partial charge in [-0.3, -0.25) is 4.90 Å². The van der Waals surface area contributed by atoms with Gasteiger partial charge in [0.1, 0.15) is 11.3 Å². The summed E-state index contributed by atoms with van der Waals surface area (Å²) in [6.45, 7) is 2.29. The maximum Gasteiger partial charge on any atom is 0.339 e. The van der Waals surface area contributed by atoms with Crippen molar-refractivity contribution in [2.24, 2.45) is 0 Å². The fourth-order valence-electron chi connectivity index (χ4n) is 2.27. The summed E-state index contributed by atoms with van der Waals surface area (Å²) in [5.41, 5.74) is 1.08. The fraction of sp³-hybridized carbons (Fsp3) is 0.312. The summed E-state index contributed by atoms with van der Waals surface area (Å²) in [7, 11) is -1.37. The first kappa shape index (κ1) is 17.2. The van der Waals surface area contributed by atoms with Gasteiger partial charge in [0.15, 0.2) is 9.84 Å². The Bertz CT molecular complexity index is 792. The van der Waals surface area contributed by atoms with Crippen molar-refractivity contribution in [2.45, 2.75) is 24.4 Å². The standard InChI is InChI=1S/C16H19NO5S/c1-11(12-4-6-13(7-5-12)23(3,20)21)17(2)10-15-14(16(18)19)8-9-22-15/h4-9,11H,10H2,1-3H3,(H,18,19). The van der Waals surface area contributed by atoms with Gasteiger partial charge in [0.2, 0.25) is 0 Å². The Morgan fingerprint density at radius 2 is 1.87 bits per heavy atom. The Morgan fingerprint density at radius 3 is 2.39 bits per heavy atom. The van der Waals surface area contributed by atoms with Crippen LogP contribution in [0.15, 0.2) is 45.9 Å². The van der Waals surface area contributed by atoms with Crippen LogP contribution in [-0.4, -0.2) is 37.7 Å². The fourth-order valence-corrected chi connectivity index (χ4v) is 2.90. The maximum absolute atomic E-state index is 11.5. The summed E-state index contributed by atoms with van der Waals surface area (Å²) in [4.78, 5) is 13.3. The molecule has 0 aliphatic carbocycles. The van der Waals surface area contributed by atoms with Gasteiger partial charge in [0.25, 0.3) is 0 Å². The normalized spacial score (nSPS) is 13.2. The second kappa shape index (κ2) is 6.55. The van der Waals surface area contributed by atoms with E-state index in [2.05, 4.69) is 0 Å². The highest BCUT2D eigenvalue weighted by Crippen LogP contribution is 2.23. The number of hydrogen-bond acceptors (Lipinski definition) is 5. The average molecular weight is 337 g/mol. The van der Waals surface area contributed by atoms with Gasteiger partial charge >= 0.3 is 5.97 Å². The van der Waals surface area contributed by atoms with Crippen molar-refractivity contribution in [3.05, 3.63) is 53.5 Å². The lowest BCUT2D eigenvalue weighted by molar-refractivity contribution is 0.0692. The van der Waals surface area contributed by atoms with E-state index in [1.807, 2.05) is 18.9 Å². The van der Waals surface area contributed by atoms with E-state index in [0.29, 0.717) is 12.3 Å². The van der Waals surface area contributed by atoms with E-state index in [1.54, 1.807) is 24.3 Å². The van der Waals surface area contributed by atoms with Crippen LogP contribution in [-0.2, 0) is 16.4 Å². The van der Waals surface area contributed by atoms with Crippen LogP contribution in [0.2, 0.25) is 0 Å². The minimum absolute atomic E-state index is 0.0321. The van der Waals surface area contributed by atoms with Crippen LogP contribution >= 0.6 is 0 Å². The molecule has 0 saturated heterocycles. The van der Waals surface area contributed by atoms with Gasteiger partial charge in [-0.1, -0.05) is 12.1 Å². The third kappa shape index (κ3) is 4.00. The smallest absolute Gasteiger partial charge is 0.339 e. The molecule has 1 aromatic heterocycles. The van der Waals surface area contributed by atoms with Gasteiger partial charge in [-0.2, -0.15) is 0 Å². The molecule has 0 bridgehead atoms.